The number of para-hydroxylation sites is 2. The topological polar surface area (TPSA) is 101 Å². The Balaban J connectivity index is 1.35. The van der Waals surface area contributed by atoms with E-state index in [0.717, 1.165) is 66.1 Å². The first-order valence-electron chi connectivity index (χ1n) is 16.4. The van der Waals surface area contributed by atoms with Crippen molar-refractivity contribution in [3.05, 3.63) is 142 Å². The number of nitrogens with zero attached hydrogens (tertiary/aromatic N) is 2. The summed E-state index contributed by atoms with van der Waals surface area (Å²) in [5.74, 6) is -0.809. The summed E-state index contributed by atoms with van der Waals surface area (Å²) in [4.78, 5) is 43.6. The molecule has 0 atom stereocenters. The minimum absolute atomic E-state index is 0.0303. The number of imide groups is 1. The fraction of sp³-hybridized carbons (Fsp3) is 0.143. The number of carbonyl (C=O) groups excluding carboxylic acids is 3. The van der Waals surface area contributed by atoms with Crippen LogP contribution >= 0.6 is 0 Å². The van der Waals surface area contributed by atoms with E-state index in [2.05, 4.69) is 31.3 Å². The molecule has 0 bridgehead atoms. The summed E-state index contributed by atoms with van der Waals surface area (Å²) < 4.78 is 12.3. The van der Waals surface area contributed by atoms with Crippen molar-refractivity contribution in [3.8, 4) is 22.5 Å². The Morgan fingerprint density at radius 1 is 0.760 bits per heavy atom. The van der Waals surface area contributed by atoms with E-state index in [1.54, 1.807) is 12.1 Å². The predicted molar refractivity (Wildman–Crippen MR) is 195 cm³/mol. The number of hydrogen-bond donors (Lipinski definition) is 1. The largest absolute Gasteiger partial charge is 0.460 e. The smallest absolute Gasteiger partial charge is 0.338 e. The van der Waals surface area contributed by atoms with Gasteiger partial charge in [-0.3, -0.25) is 14.5 Å². The summed E-state index contributed by atoms with van der Waals surface area (Å²) in [5, 5.41) is 5.12. The molecule has 7 rings (SSSR count). The maximum Gasteiger partial charge on any atom is 0.338 e. The molecule has 0 aromatic heterocycles. The summed E-state index contributed by atoms with van der Waals surface area (Å²) >= 11 is 0. The lowest BCUT2D eigenvalue weighted by molar-refractivity contribution is -0.137. The third kappa shape index (κ3) is 6.19. The minimum Gasteiger partial charge on any atom is -0.460 e. The number of nitrogens with one attached hydrogen (secondary N) is 1. The fourth-order valence-electron chi connectivity index (χ4n) is 6.42. The van der Waals surface area contributed by atoms with E-state index < -0.39 is 17.8 Å². The van der Waals surface area contributed by atoms with Crippen molar-refractivity contribution in [2.45, 2.75) is 27.7 Å². The molecular weight excluding hydrogens is 626 g/mol. The van der Waals surface area contributed by atoms with Crippen molar-refractivity contribution in [3.63, 3.8) is 0 Å². The molecule has 2 heterocycles. The van der Waals surface area contributed by atoms with Crippen molar-refractivity contribution in [1.29, 1.82) is 0 Å². The first-order valence-corrected chi connectivity index (χ1v) is 16.4. The first-order chi connectivity index (χ1) is 24.2. The second-order valence-electron chi connectivity index (χ2n) is 12.5. The second kappa shape index (κ2) is 13.3. The zero-order valence-electron chi connectivity index (χ0n) is 28.2. The number of hydrogen-bond acceptors (Lipinski definition) is 7. The van der Waals surface area contributed by atoms with Gasteiger partial charge in [0.2, 0.25) is 0 Å². The van der Waals surface area contributed by atoms with Crippen LogP contribution in [0, 0.1) is 27.7 Å². The lowest BCUT2D eigenvalue weighted by Crippen LogP contribution is -2.33. The van der Waals surface area contributed by atoms with Crippen molar-refractivity contribution in [1.82, 2.24) is 4.90 Å². The van der Waals surface area contributed by atoms with Gasteiger partial charge in [0.05, 0.1) is 23.2 Å². The van der Waals surface area contributed by atoms with Crippen LogP contribution in [0.2, 0.25) is 0 Å². The van der Waals surface area contributed by atoms with Crippen LogP contribution in [0.4, 0.5) is 17.1 Å². The summed E-state index contributed by atoms with van der Waals surface area (Å²) in [6, 6.07) is 31.4. The summed E-state index contributed by atoms with van der Waals surface area (Å²) in [7, 11) is 0. The highest BCUT2D eigenvalue weighted by Crippen LogP contribution is 2.42. The number of fused-ring (bicyclic) bond motifs is 2. The van der Waals surface area contributed by atoms with Gasteiger partial charge in [-0.2, -0.15) is 0 Å². The van der Waals surface area contributed by atoms with Gasteiger partial charge in [-0.1, -0.05) is 54.6 Å². The lowest BCUT2D eigenvalue weighted by Gasteiger charge is -2.19. The van der Waals surface area contributed by atoms with Gasteiger partial charge in [-0.05, 0) is 85.8 Å². The minimum atomic E-state index is -0.565. The molecule has 3 aliphatic rings. The highest BCUT2D eigenvalue weighted by molar-refractivity contribution is 6.13. The Hall–Kier alpha value is -6.28. The van der Waals surface area contributed by atoms with Crippen LogP contribution in [-0.4, -0.2) is 35.8 Å². The lowest BCUT2D eigenvalue weighted by atomic mass is 9.90. The Bertz CT molecular complexity index is 2350. The number of ether oxygens (including phenoxy) is 1. The van der Waals surface area contributed by atoms with Crippen LogP contribution in [0.5, 0.6) is 0 Å². The van der Waals surface area contributed by atoms with Crippen molar-refractivity contribution >= 4 is 45.8 Å². The maximum absolute atomic E-state index is 13.6. The highest BCUT2D eigenvalue weighted by atomic mass is 16.5. The molecule has 1 N–H and O–H groups in total. The zero-order valence-corrected chi connectivity index (χ0v) is 28.2. The third-order valence-electron chi connectivity index (χ3n) is 9.00. The van der Waals surface area contributed by atoms with E-state index in [1.807, 2.05) is 86.6 Å². The molecule has 4 aromatic carbocycles. The maximum atomic E-state index is 13.6. The van der Waals surface area contributed by atoms with Crippen LogP contribution in [-0.2, 0) is 14.3 Å². The van der Waals surface area contributed by atoms with Gasteiger partial charge in [-0.15, -0.1) is 0 Å². The molecular formula is C42H35N3O5. The first kappa shape index (κ1) is 32.3. The molecule has 2 amide bonds. The SMILES string of the molecule is Cc1cccc(C)c1N=c1ccc2c(-c3ccccc3C(=O)OCCN3C(=O)C=CC3=O)c3ccc(Nc4c(C)cccc4C)cc3oc-2c1. The number of rotatable bonds is 8. The van der Waals surface area contributed by atoms with Gasteiger partial charge < -0.3 is 14.5 Å². The highest BCUT2D eigenvalue weighted by Gasteiger charge is 2.25. The van der Waals surface area contributed by atoms with Crippen LogP contribution in [0.25, 0.3) is 33.4 Å². The molecule has 0 saturated carbocycles. The molecule has 8 heteroatoms. The van der Waals surface area contributed by atoms with Crippen molar-refractivity contribution in [2.24, 2.45) is 4.99 Å². The number of esters is 1. The van der Waals surface area contributed by atoms with Crippen molar-refractivity contribution < 1.29 is 23.5 Å². The molecule has 8 nitrogen and oxygen atoms in total. The summed E-state index contributed by atoms with van der Waals surface area (Å²) in [6.07, 6.45) is 2.42. The number of carbonyl (C=O) groups is 3. The molecule has 2 aliphatic heterocycles. The van der Waals surface area contributed by atoms with Gasteiger partial charge in [0.15, 0.2) is 0 Å². The molecule has 4 aromatic rings. The van der Waals surface area contributed by atoms with E-state index in [-0.39, 0.29) is 13.2 Å². The van der Waals surface area contributed by atoms with Gasteiger partial charge in [0, 0.05) is 52.2 Å². The third-order valence-corrected chi connectivity index (χ3v) is 9.00. The fourth-order valence-corrected chi connectivity index (χ4v) is 6.42. The number of amides is 2. The zero-order chi connectivity index (χ0) is 34.9. The predicted octanol–water partition coefficient (Wildman–Crippen LogP) is 8.50. The monoisotopic (exact) mass is 661 g/mol. The van der Waals surface area contributed by atoms with Crippen LogP contribution in [0.3, 0.4) is 0 Å². The number of benzene rings is 5. The average Bonchev–Trinajstić information content (AvgIpc) is 3.43. The Labute approximate surface area is 289 Å². The summed E-state index contributed by atoms with van der Waals surface area (Å²) in [5.41, 5.74) is 10.4. The molecule has 0 radical (unpaired) electrons. The van der Waals surface area contributed by atoms with Crippen LogP contribution in [0.15, 0.2) is 119 Å². The van der Waals surface area contributed by atoms with Crippen LogP contribution < -0.4 is 10.7 Å². The molecule has 0 fully saturated rings. The van der Waals surface area contributed by atoms with Crippen LogP contribution in [0.1, 0.15) is 32.6 Å². The molecule has 0 spiro atoms. The molecule has 50 heavy (non-hydrogen) atoms. The van der Waals surface area contributed by atoms with Gasteiger partial charge >= 0.3 is 5.97 Å². The second-order valence-corrected chi connectivity index (χ2v) is 12.5. The van der Waals surface area contributed by atoms with Gasteiger partial charge in [0.25, 0.3) is 11.8 Å². The molecule has 1 aliphatic carbocycles. The normalized spacial score (nSPS) is 13.1. The molecule has 0 unspecified atom stereocenters. The standard InChI is InChI=1S/C42H35N3O5/c1-25-9-7-10-26(2)40(25)43-29-15-17-33-35(23-29)50-36-24-30(44-41-27(3)11-8-12-28(41)4)16-18-34(36)39(33)31-13-5-6-14-32(31)42(48)49-22-21-45-37(46)19-20-38(45)47/h5-20,23-24,43H,21-22H2,1-4H3. The van der Waals surface area contributed by atoms with E-state index in [9.17, 15) is 14.4 Å². The van der Waals surface area contributed by atoms with Gasteiger partial charge in [-0.25, -0.2) is 9.79 Å². The van der Waals surface area contributed by atoms with E-state index in [4.69, 9.17) is 14.1 Å². The molecule has 0 saturated heterocycles. The van der Waals surface area contributed by atoms with E-state index >= 15 is 0 Å². The Kier molecular flexibility index (Phi) is 8.60. The quantitative estimate of drug-likeness (QED) is 0.0998. The van der Waals surface area contributed by atoms with E-state index in [1.165, 1.54) is 12.2 Å². The van der Waals surface area contributed by atoms with E-state index in [0.29, 0.717) is 22.5 Å². The summed E-state index contributed by atoms with van der Waals surface area (Å²) in [6.45, 7) is 8.07. The Morgan fingerprint density at radius 3 is 2.16 bits per heavy atom. The van der Waals surface area contributed by atoms with Gasteiger partial charge in [0.1, 0.15) is 18.0 Å². The average molecular weight is 662 g/mol. The Morgan fingerprint density at radius 2 is 1.44 bits per heavy atom. The molecule has 248 valence electrons. The van der Waals surface area contributed by atoms with Crippen molar-refractivity contribution in [2.75, 3.05) is 18.5 Å². The number of anilines is 2. The number of aryl methyl sites for hydroxylation is 4.